The van der Waals surface area contributed by atoms with Gasteiger partial charge in [-0.3, -0.25) is 0 Å². The first-order valence-corrected chi connectivity index (χ1v) is 7.85. The number of rotatable bonds is 6. The van der Waals surface area contributed by atoms with Gasteiger partial charge in [0.15, 0.2) is 5.69 Å². The van der Waals surface area contributed by atoms with Gasteiger partial charge >= 0.3 is 6.18 Å². The summed E-state index contributed by atoms with van der Waals surface area (Å²) < 4.78 is 64.8. The van der Waals surface area contributed by atoms with Crippen LogP contribution in [-0.2, 0) is 16.4 Å². The third kappa shape index (κ3) is 4.71. The Morgan fingerprint density at radius 3 is 2.47 bits per heavy atom. The highest BCUT2D eigenvalue weighted by molar-refractivity contribution is 7.87. The molecule has 5 nitrogen and oxygen atoms in total. The van der Waals surface area contributed by atoms with Gasteiger partial charge in [0, 0.05) is 11.9 Å². The van der Waals surface area contributed by atoms with Crippen molar-refractivity contribution in [2.75, 3.05) is 6.54 Å². The second-order valence-electron chi connectivity index (χ2n) is 3.65. The molecule has 1 unspecified atom stereocenters. The lowest BCUT2D eigenvalue weighted by atomic mass is 10.2. The lowest BCUT2D eigenvalue weighted by molar-refractivity contribution is -0.140. The lowest BCUT2D eigenvalue weighted by Gasteiger charge is -2.14. The van der Waals surface area contributed by atoms with Crippen LogP contribution in [-0.4, -0.2) is 19.9 Å². The summed E-state index contributed by atoms with van der Waals surface area (Å²) in [5.41, 5.74) is -1.01. The topological polar surface area (TPSA) is 71.1 Å². The van der Waals surface area contributed by atoms with E-state index in [2.05, 4.69) is 14.4 Å². The molecular formula is C9H14F3N3O2S2. The molecule has 0 aromatic carbocycles. The minimum Gasteiger partial charge on any atom is -0.235 e. The highest BCUT2D eigenvalue weighted by atomic mass is 32.2. The first-order chi connectivity index (χ1) is 8.69. The van der Waals surface area contributed by atoms with Crippen molar-refractivity contribution in [3.8, 4) is 0 Å². The summed E-state index contributed by atoms with van der Waals surface area (Å²) in [7, 11) is -3.73. The molecule has 0 radical (unpaired) electrons. The zero-order valence-electron chi connectivity index (χ0n) is 10.3. The number of hydrogen-bond acceptors (Lipinski definition) is 4. The number of nitrogens with one attached hydrogen (secondary N) is 2. The fourth-order valence-electron chi connectivity index (χ4n) is 1.31. The zero-order chi connectivity index (χ0) is 14.7. The molecule has 1 atom stereocenters. The average molecular weight is 317 g/mol. The van der Waals surface area contributed by atoms with Crippen molar-refractivity contribution in [3.63, 3.8) is 0 Å². The molecule has 0 aliphatic rings. The molecule has 1 heterocycles. The number of aromatic nitrogens is 1. The number of halogens is 3. The maximum absolute atomic E-state index is 12.4. The van der Waals surface area contributed by atoms with Gasteiger partial charge in [0.05, 0.1) is 6.04 Å². The quantitative estimate of drug-likeness (QED) is 0.843. The van der Waals surface area contributed by atoms with Crippen molar-refractivity contribution in [3.05, 3.63) is 16.1 Å². The van der Waals surface area contributed by atoms with E-state index in [0.29, 0.717) is 6.42 Å². The SMILES string of the molecule is CCNS(=O)(=O)NC(CC)c1nc(C(F)(F)F)cs1. The average Bonchev–Trinajstić information content (AvgIpc) is 2.74. The van der Waals surface area contributed by atoms with Crippen molar-refractivity contribution in [1.82, 2.24) is 14.4 Å². The molecule has 110 valence electrons. The molecule has 0 bridgehead atoms. The molecule has 19 heavy (non-hydrogen) atoms. The Labute approximate surface area is 113 Å². The van der Waals surface area contributed by atoms with Crippen molar-refractivity contribution >= 4 is 21.5 Å². The highest BCUT2D eigenvalue weighted by Crippen LogP contribution is 2.32. The molecule has 0 aliphatic carbocycles. The van der Waals surface area contributed by atoms with Crippen LogP contribution in [0, 0.1) is 0 Å². The Balaban J connectivity index is 2.90. The van der Waals surface area contributed by atoms with Crippen LogP contribution in [0.15, 0.2) is 5.38 Å². The Bertz CT molecular complexity index is 513. The van der Waals surface area contributed by atoms with Gasteiger partial charge in [-0.1, -0.05) is 13.8 Å². The largest absolute Gasteiger partial charge is 0.434 e. The molecule has 1 aromatic heterocycles. The van der Waals surface area contributed by atoms with Gasteiger partial charge < -0.3 is 0 Å². The van der Waals surface area contributed by atoms with Crippen molar-refractivity contribution in [2.45, 2.75) is 32.5 Å². The first kappa shape index (κ1) is 16.3. The van der Waals surface area contributed by atoms with Crippen LogP contribution in [0.2, 0.25) is 0 Å². The van der Waals surface area contributed by atoms with Crippen molar-refractivity contribution < 1.29 is 21.6 Å². The fraction of sp³-hybridized carbons (Fsp3) is 0.667. The normalized spacial score (nSPS) is 14.6. The molecule has 0 saturated heterocycles. The van der Waals surface area contributed by atoms with E-state index in [-0.39, 0.29) is 11.6 Å². The summed E-state index contributed by atoms with van der Waals surface area (Å²) in [4.78, 5) is 3.44. The fourth-order valence-corrected chi connectivity index (χ4v) is 3.46. The molecule has 2 N–H and O–H groups in total. The molecule has 0 amide bonds. The van der Waals surface area contributed by atoms with Crippen molar-refractivity contribution in [2.24, 2.45) is 0 Å². The monoisotopic (exact) mass is 317 g/mol. The summed E-state index contributed by atoms with van der Waals surface area (Å²) in [5.74, 6) is 0. The smallest absolute Gasteiger partial charge is 0.235 e. The number of thiazole rings is 1. The van der Waals surface area contributed by atoms with E-state index in [1.165, 1.54) is 0 Å². The lowest BCUT2D eigenvalue weighted by Crippen LogP contribution is -2.38. The minimum atomic E-state index is -4.52. The molecular weight excluding hydrogens is 303 g/mol. The number of alkyl halides is 3. The Morgan fingerprint density at radius 1 is 1.42 bits per heavy atom. The third-order valence-corrected chi connectivity index (χ3v) is 4.37. The van der Waals surface area contributed by atoms with Crippen LogP contribution in [0.25, 0.3) is 0 Å². The summed E-state index contributed by atoms with van der Waals surface area (Å²) in [6.07, 6.45) is -4.22. The van der Waals surface area contributed by atoms with E-state index in [1.807, 2.05) is 0 Å². The van der Waals surface area contributed by atoms with Gasteiger partial charge in [-0.05, 0) is 6.42 Å². The van der Waals surface area contributed by atoms with E-state index in [4.69, 9.17) is 0 Å². The van der Waals surface area contributed by atoms with Gasteiger partial charge in [-0.25, -0.2) is 9.71 Å². The van der Waals surface area contributed by atoms with Gasteiger partial charge in [-0.15, -0.1) is 11.3 Å². The zero-order valence-corrected chi connectivity index (χ0v) is 11.9. The van der Waals surface area contributed by atoms with Gasteiger partial charge in [-0.2, -0.15) is 26.3 Å². The Hall–Kier alpha value is -0.710. The molecule has 0 fully saturated rings. The second kappa shape index (κ2) is 6.16. The van der Waals surface area contributed by atoms with E-state index in [0.717, 1.165) is 16.7 Å². The molecule has 1 aromatic rings. The van der Waals surface area contributed by atoms with Gasteiger partial charge in [0.25, 0.3) is 10.2 Å². The Kier molecular flexibility index (Phi) is 5.30. The van der Waals surface area contributed by atoms with Crippen LogP contribution in [0.4, 0.5) is 13.2 Å². The van der Waals surface area contributed by atoms with E-state index in [1.54, 1.807) is 13.8 Å². The predicted molar refractivity (Wildman–Crippen MR) is 65.9 cm³/mol. The van der Waals surface area contributed by atoms with Gasteiger partial charge in [0.1, 0.15) is 5.01 Å². The van der Waals surface area contributed by atoms with Gasteiger partial charge in [0.2, 0.25) is 0 Å². The summed E-state index contributed by atoms with van der Waals surface area (Å²) in [6.45, 7) is 3.45. The van der Waals surface area contributed by atoms with E-state index in [9.17, 15) is 21.6 Å². The maximum atomic E-state index is 12.4. The highest BCUT2D eigenvalue weighted by Gasteiger charge is 2.34. The van der Waals surface area contributed by atoms with Crippen molar-refractivity contribution in [1.29, 1.82) is 0 Å². The third-order valence-electron chi connectivity index (χ3n) is 2.15. The predicted octanol–water partition coefficient (Wildman–Crippen LogP) is 2.06. The van der Waals surface area contributed by atoms with E-state index < -0.39 is 28.1 Å². The first-order valence-electron chi connectivity index (χ1n) is 5.49. The van der Waals surface area contributed by atoms with Crippen LogP contribution < -0.4 is 9.44 Å². The summed E-state index contributed by atoms with van der Waals surface area (Å²) in [6, 6.07) is -0.773. The number of hydrogen-bond donors (Lipinski definition) is 2. The summed E-state index contributed by atoms with van der Waals surface area (Å²) >= 11 is 0.782. The molecule has 0 spiro atoms. The molecule has 1 rings (SSSR count). The maximum Gasteiger partial charge on any atom is 0.434 e. The summed E-state index contributed by atoms with van der Waals surface area (Å²) in [5, 5.41) is 0.968. The Morgan fingerprint density at radius 2 is 2.05 bits per heavy atom. The van der Waals surface area contributed by atoms with E-state index >= 15 is 0 Å². The molecule has 10 heteroatoms. The molecule has 0 saturated carbocycles. The van der Waals surface area contributed by atoms with Crippen LogP contribution in [0.3, 0.4) is 0 Å². The van der Waals surface area contributed by atoms with Crippen LogP contribution >= 0.6 is 11.3 Å². The van der Waals surface area contributed by atoms with Crippen LogP contribution in [0.5, 0.6) is 0 Å². The van der Waals surface area contributed by atoms with Crippen LogP contribution in [0.1, 0.15) is 37.0 Å². The molecule has 0 aliphatic heterocycles. The minimum absolute atomic E-state index is 0.0938. The second-order valence-corrected chi connectivity index (χ2v) is 6.07. The number of nitrogens with zero attached hydrogens (tertiary/aromatic N) is 1. The standard InChI is InChI=1S/C9H14F3N3O2S2/c1-3-6(15-19(16,17)13-4-2)8-14-7(5-18-8)9(10,11)12/h5-6,13,15H,3-4H2,1-2H3.